The minimum atomic E-state index is 0.533. The predicted octanol–water partition coefficient (Wildman–Crippen LogP) is 4.44. The zero-order valence-corrected chi connectivity index (χ0v) is 12.5. The van der Waals surface area contributed by atoms with Crippen molar-refractivity contribution in [3.63, 3.8) is 0 Å². The molecule has 0 heterocycles. The summed E-state index contributed by atoms with van der Waals surface area (Å²) in [5.41, 5.74) is 1.36. The molecule has 0 spiro atoms. The van der Waals surface area contributed by atoms with E-state index in [1.165, 1.54) is 5.56 Å². The molecular formula is C18H23NO. The van der Waals surface area contributed by atoms with Gasteiger partial charge in [-0.2, -0.15) is 0 Å². The monoisotopic (exact) mass is 269 g/mol. The van der Waals surface area contributed by atoms with Gasteiger partial charge < -0.3 is 10.1 Å². The quantitative estimate of drug-likeness (QED) is 0.837. The summed E-state index contributed by atoms with van der Waals surface area (Å²) < 4.78 is 5.82. The molecule has 2 rings (SSSR count). The van der Waals surface area contributed by atoms with Gasteiger partial charge >= 0.3 is 0 Å². The highest BCUT2D eigenvalue weighted by Crippen LogP contribution is 2.27. The maximum absolute atomic E-state index is 5.82. The first kappa shape index (κ1) is 14.6. The van der Waals surface area contributed by atoms with Gasteiger partial charge in [-0.15, -0.1) is 0 Å². The molecule has 0 amide bonds. The second-order valence-corrected chi connectivity index (χ2v) is 5.39. The number of hydrogen-bond acceptors (Lipinski definition) is 2. The smallest absolute Gasteiger partial charge is 0.127 e. The highest BCUT2D eigenvalue weighted by atomic mass is 16.5. The second-order valence-electron chi connectivity index (χ2n) is 5.39. The van der Waals surface area contributed by atoms with Crippen LogP contribution >= 0.6 is 0 Å². The number of para-hydroxylation sites is 1. The van der Waals surface area contributed by atoms with Crippen LogP contribution in [0.2, 0.25) is 0 Å². The van der Waals surface area contributed by atoms with Gasteiger partial charge in [0.15, 0.2) is 0 Å². The lowest BCUT2D eigenvalue weighted by atomic mass is 9.88. The van der Waals surface area contributed by atoms with E-state index in [0.29, 0.717) is 11.8 Å². The van der Waals surface area contributed by atoms with Gasteiger partial charge in [0.2, 0.25) is 0 Å². The Hall–Kier alpha value is -1.80. The van der Waals surface area contributed by atoms with E-state index in [0.717, 1.165) is 18.0 Å². The number of ether oxygens (including phenoxy) is 1. The topological polar surface area (TPSA) is 21.3 Å². The fourth-order valence-corrected chi connectivity index (χ4v) is 2.37. The van der Waals surface area contributed by atoms with Crippen molar-refractivity contribution in [2.45, 2.75) is 19.8 Å². The normalized spacial score (nSPS) is 12.4. The molecule has 2 aromatic carbocycles. The number of likely N-dealkylation sites (N-methyl/N-ethyl adjacent to an activating group) is 1. The van der Waals surface area contributed by atoms with Crippen LogP contribution in [0.15, 0.2) is 54.6 Å². The van der Waals surface area contributed by atoms with E-state index in [-0.39, 0.29) is 0 Å². The van der Waals surface area contributed by atoms with Crippen molar-refractivity contribution in [2.75, 3.05) is 13.6 Å². The van der Waals surface area contributed by atoms with Crippen molar-refractivity contribution < 1.29 is 4.74 Å². The summed E-state index contributed by atoms with van der Waals surface area (Å²) in [5.74, 6) is 2.90. The molecule has 0 aliphatic rings. The van der Waals surface area contributed by atoms with E-state index in [2.05, 4.69) is 31.3 Å². The van der Waals surface area contributed by atoms with Crippen LogP contribution in [0, 0.1) is 5.92 Å². The van der Waals surface area contributed by atoms with Crippen LogP contribution in [0.5, 0.6) is 11.5 Å². The summed E-state index contributed by atoms with van der Waals surface area (Å²) in [6.45, 7) is 5.52. The maximum Gasteiger partial charge on any atom is 0.127 e. The lowest BCUT2D eigenvalue weighted by molar-refractivity contribution is 0.471. The third kappa shape index (κ3) is 3.84. The van der Waals surface area contributed by atoms with Crippen molar-refractivity contribution in [3.05, 3.63) is 60.2 Å². The first-order valence-electron chi connectivity index (χ1n) is 7.18. The van der Waals surface area contributed by atoms with Gasteiger partial charge in [0.1, 0.15) is 11.5 Å². The van der Waals surface area contributed by atoms with Crippen LogP contribution in [0.1, 0.15) is 25.3 Å². The number of benzene rings is 2. The van der Waals surface area contributed by atoms with Crippen molar-refractivity contribution in [3.8, 4) is 11.5 Å². The highest BCUT2D eigenvalue weighted by molar-refractivity contribution is 5.34. The summed E-state index contributed by atoms with van der Waals surface area (Å²) in [6.07, 6.45) is 0. The zero-order valence-electron chi connectivity index (χ0n) is 12.5. The highest BCUT2D eigenvalue weighted by Gasteiger charge is 2.14. The fourth-order valence-electron chi connectivity index (χ4n) is 2.37. The molecule has 0 aliphatic carbocycles. The SMILES string of the molecule is CNCC(c1ccc(Oc2ccccc2)cc1)C(C)C. The summed E-state index contributed by atoms with van der Waals surface area (Å²) in [5, 5.41) is 3.27. The van der Waals surface area contributed by atoms with E-state index >= 15 is 0 Å². The standard InChI is InChI=1S/C18H23NO/c1-14(2)18(13-19-3)15-9-11-17(12-10-15)20-16-7-5-4-6-8-16/h4-12,14,18-19H,13H2,1-3H3. The zero-order chi connectivity index (χ0) is 14.4. The van der Waals surface area contributed by atoms with Gasteiger partial charge in [-0.05, 0) is 48.7 Å². The molecule has 1 N–H and O–H groups in total. The Labute approximate surface area is 121 Å². The van der Waals surface area contributed by atoms with E-state index in [4.69, 9.17) is 4.74 Å². The van der Waals surface area contributed by atoms with Gasteiger partial charge in [0, 0.05) is 6.54 Å². The van der Waals surface area contributed by atoms with E-state index < -0.39 is 0 Å². The maximum atomic E-state index is 5.82. The van der Waals surface area contributed by atoms with E-state index in [1.807, 2.05) is 49.5 Å². The number of hydrogen-bond donors (Lipinski definition) is 1. The molecular weight excluding hydrogens is 246 g/mol. The molecule has 0 bridgehead atoms. The van der Waals surface area contributed by atoms with Gasteiger partial charge in [-0.1, -0.05) is 44.2 Å². The van der Waals surface area contributed by atoms with Crippen molar-refractivity contribution in [1.82, 2.24) is 5.32 Å². The van der Waals surface area contributed by atoms with Gasteiger partial charge in [-0.3, -0.25) is 0 Å². The molecule has 1 unspecified atom stereocenters. The van der Waals surface area contributed by atoms with Crippen LogP contribution in [0.3, 0.4) is 0 Å². The molecule has 0 aliphatic heterocycles. The summed E-state index contributed by atoms with van der Waals surface area (Å²) in [7, 11) is 2.00. The Morgan fingerprint density at radius 3 is 2.05 bits per heavy atom. The van der Waals surface area contributed by atoms with Crippen molar-refractivity contribution >= 4 is 0 Å². The minimum absolute atomic E-state index is 0.533. The Morgan fingerprint density at radius 2 is 1.50 bits per heavy atom. The molecule has 20 heavy (non-hydrogen) atoms. The van der Waals surface area contributed by atoms with Crippen LogP contribution in [-0.4, -0.2) is 13.6 Å². The Balaban J connectivity index is 2.09. The molecule has 0 radical (unpaired) electrons. The molecule has 0 saturated heterocycles. The van der Waals surface area contributed by atoms with Crippen molar-refractivity contribution in [1.29, 1.82) is 0 Å². The van der Waals surface area contributed by atoms with Crippen molar-refractivity contribution in [2.24, 2.45) is 5.92 Å². The average Bonchev–Trinajstić information content (AvgIpc) is 2.47. The Morgan fingerprint density at radius 1 is 0.900 bits per heavy atom. The van der Waals surface area contributed by atoms with Crippen LogP contribution in [-0.2, 0) is 0 Å². The van der Waals surface area contributed by atoms with Gasteiger partial charge in [0.05, 0.1) is 0 Å². The van der Waals surface area contributed by atoms with E-state index in [9.17, 15) is 0 Å². The van der Waals surface area contributed by atoms with Crippen LogP contribution < -0.4 is 10.1 Å². The molecule has 0 saturated carbocycles. The van der Waals surface area contributed by atoms with Crippen LogP contribution in [0.4, 0.5) is 0 Å². The first-order valence-corrected chi connectivity index (χ1v) is 7.18. The molecule has 106 valence electrons. The Bertz CT molecular complexity index is 505. The molecule has 0 aromatic heterocycles. The number of nitrogens with one attached hydrogen (secondary N) is 1. The van der Waals surface area contributed by atoms with Gasteiger partial charge in [0.25, 0.3) is 0 Å². The largest absolute Gasteiger partial charge is 0.457 e. The van der Waals surface area contributed by atoms with Gasteiger partial charge in [-0.25, -0.2) is 0 Å². The molecule has 2 aromatic rings. The third-order valence-corrected chi connectivity index (χ3v) is 3.52. The summed E-state index contributed by atoms with van der Waals surface area (Å²) >= 11 is 0. The lowest BCUT2D eigenvalue weighted by Crippen LogP contribution is -2.21. The first-order chi connectivity index (χ1) is 9.70. The predicted molar refractivity (Wildman–Crippen MR) is 84.5 cm³/mol. The van der Waals surface area contributed by atoms with E-state index in [1.54, 1.807) is 0 Å². The summed E-state index contributed by atoms with van der Waals surface area (Å²) in [4.78, 5) is 0. The average molecular weight is 269 g/mol. The number of rotatable bonds is 6. The fraction of sp³-hybridized carbons (Fsp3) is 0.333. The molecule has 2 nitrogen and oxygen atoms in total. The van der Waals surface area contributed by atoms with Crippen LogP contribution in [0.25, 0.3) is 0 Å². The minimum Gasteiger partial charge on any atom is -0.457 e. The molecule has 1 atom stereocenters. The molecule has 0 fully saturated rings. The third-order valence-electron chi connectivity index (χ3n) is 3.52. The molecule has 2 heteroatoms. The summed E-state index contributed by atoms with van der Waals surface area (Å²) in [6, 6.07) is 18.3. The Kier molecular flexibility index (Phi) is 5.19. The lowest BCUT2D eigenvalue weighted by Gasteiger charge is -2.21. The second kappa shape index (κ2) is 7.11.